The van der Waals surface area contributed by atoms with Crippen LogP contribution >= 0.6 is 0 Å². The van der Waals surface area contributed by atoms with Crippen molar-refractivity contribution in [1.82, 2.24) is 4.90 Å². The SMILES string of the molecule is O=C1CCC(=O)N1c1cccc(C(=O)N2CCCC[C@H]2CCc2ccccc2)c1. The Kier molecular flexibility index (Phi) is 5.74. The highest BCUT2D eigenvalue weighted by Crippen LogP contribution is 2.27. The third kappa shape index (κ3) is 4.24. The fourth-order valence-corrected chi connectivity index (χ4v) is 4.35. The number of likely N-dealkylation sites (tertiary alicyclic amines) is 1. The molecule has 0 saturated carbocycles. The summed E-state index contributed by atoms with van der Waals surface area (Å²) in [6, 6.07) is 17.5. The zero-order valence-electron chi connectivity index (χ0n) is 16.5. The summed E-state index contributed by atoms with van der Waals surface area (Å²) in [5.74, 6) is -0.402. The average molecular weight is 390 g/mol. The van der Waals surface area contributed by atoms with Gasteiger partial charge in [-0.2, -0.15) is 0 Å². The van der Waals surface area contributed by atoms with Gasteiger partial charge >= 0.3 is 0 Å². The minimum absolute atomic E-state index is 0.0105. The van der Waals surface area contributed by atoms with Gasteiger partial charge in [0.2, 0.25) is 11.8 Å². The van der Waals surface area contributed by atoms with E-state index < -0.39 is 0 Å². The molecule has 0 aliphatic carbocycles. The van der Waals surface area contributed by atoms with Gasteiger partial charge in [-0.05, 0) is 55.9 Å². The number of amides is 3. The lowest BCUT2D eigenvalue weighted by Crippen LogP contribution is -2.44. The molecule has 2 aliphatic rings. The maximum Gasteiger partial charge on any atom is 0.254 e. The summed E-state index contributed by atoms with van der Waals surface area (Å²) in [5, 5.41) is 0. The molecule has 4 rings (SSSR count). The van der Waals surface area contributed by atoms with E-state index in [4.69, 9.17) is 0 Å². The van der Waals surface area contributed by atoms with Crippen LogP contribution in [0.1, 0.15) is 54.4 Å². The first-order chi connectivity index (χ1) is 14.1. The Balaban J connectivity index is 1.50. The Morgan fingerprint density at radius 3 is 2.45 bits per heavy atom. The Morgan fingerprint density at radius 1 is 0.931 bits per heavy atom. The van der Waals surface area contributed by atoms with Crippen molar-refractivity contribution in [2.24, 2.45) is 0 Å². The van der Waals surface area contributed by atoms with Gasteiger partial charge in [-0.15, -0.1) is 0 Å². The first-order valence-electron chi connectivity index (χ1n) is 10.4. The van der Waals surface area contributed by atoms with Crippen LogP contribution in [0.3, 0.4) is 0 Å². The van der Waals surface area contributed by atoms with Gasteiger partial charge in [0, 0.05) is 31.0 Å². The summed E-state index contributed by atoms with van der Waals surface area (Å²) in [5.41, 5.74) is 2.33. The molecular formula is C24H26N2O3. The normalized spacial score (nSPS) is 19.7. The Bertz CT molecular complexity index is 893. The molecule has 5 nitrogen and oxygen atoms in total. The number of carbonyl (C=O) groups is 3. The molecule has 2 heterocycles. The van der Waals surface area contributed by atoms with Gasteiger partial charge in [-0.25, -0.2) is 0 Å². The fraction of sp³-hybridized carbons (Fsp3) is 0.375. The second kappa shape index (κ2) is 8.60. The molecule has 0 spiro atoms. The van der Waals surface area contributed by atoms with Gasteiger partial charge in [0.05, 0.1) is 5.69 Å². The maximum absolute atomic E-state index is 13.3. The summed E-state index contributed by atoms with van der Waals surface area (Å²) < 4.78 is 0. The van der Waals surface area contributed by atoms with Gasteiger partial charge in [0.1, 0.15) is 0 Å². The summed E-state index contributed by atoms with van der Waals surface area (Å²) >= 11 is 0. The van der Waals surface area contributed by atoms with Crippen LogP contribution < -0.4 is 4.90 Å². The Labute approximate surface area is 171 Å². The van der Waals surface area contributed by atoms with Gasteiger partial charge in [-0.3, -0.25) is 19.3 Å². The molecule has 0 N–H and O–H groups in total. The molecule has 0 bridgehead atoms. The molecule has 0 aromatic heterocycles. The number of nitrogens with zero attached hydrogens (tertiary/aromatic N) is 2. The molecule has 1 atom stereocenters. The number of aryl methyl sites for hydroxylation is 1. The van der Waals surface area contributed by atoms with Crippen molar-refractivity contribution in [1.29, 1.82) is 0 Å². The lowest BCUT2D eigenvalue weighted by Gasteiger charge is -2.36. The first kappa shape index (κ1) is 19.4. The Hall–Kier alpha value is -2.95. The number of hydrogen-bond acceptors (Lipinski definition) is 3. The molecule has 0 radical (unpaired) electrons. The number of rotatable bonds is 5. The average Bonchev–Trinajstić information content (AvgIpc) is 3.11. The first-order valence-corrected chi connectivity index (χ1v) is 10.4. The number of piperidine rings is 1. The topological polar surface area (TPSA) is 57.7 Å². The molecule has 2 aromatic carbocycles. The van der Waals surface area contributed by atoms with Crippen molar-refractivity contribution >= 4 is 23.4 Å². The quantitative estimate of drug-likeness (QED) is 0.726. The third-order valence-electron chi connectivity index (χ3n) is 5.90. The van der Waals surface area contributed by atoms with Gasteiger partial charge in [0.15, 0.2) is 0 Å². The molecule has 2 saturated heterocycles. The van der Waals surface area contributed by atoms with Crippen LogP contribution in [0.4, 0.5) is 5.69 Å². The monoisotopic (exact) mass is 390 g/mol. The lowest BCUT2D eigenvalue weighted by atomic mass is 9.95. The highest BCUT2D eigenvalue weighted by molar-refractivity contribution is 6.20. The smallest absolute Gasteiger partial charge is 0.254 e. The standard InChI is InChI=1S/C24H26N2O3/c27-22-14-15-23(28)26(22)21-11-6-9-19(17-21)24(29)25-16-5-4-10-20(25)13-12-18-7-2-1-3-8-18/h1-3,6-9,11,17,20H,4-5,10,12-16H2/t20-/m0/s1. The highest BCUT2D eigenvalue weighted by atomic mass is 16.2. The second-order valence-corrected chi connectivity index (χ2v) is 7.85. The van der Waals surface area contributed by atoms with E-state index >= 15 is 0 Å². The van der Waals surface area contributed by atoms with Crippen molar-refractivity contribution in [3.05, 3.63) is 65.7 Å². The molecule has 5 heteroatoms. The highest BCUT2D eigenvalue weighted by Gasteiger charge is 2.32. The zero-order valence-corrected chi connectivity index (χ0v) is 16.5. The lowest BCUT2D eigenvalue weighted by molar-refractivity contribution is -0.121. The third-order valence-corrected chi connectivity index (χ3v) is 5.90. The molecule has 29 heavy (non-hydrogen) atoms. The molecule has 3 amide bonds. The van der Waals surface area contributed by atoms with E-state index in [2.05, 4.69) is 12.1 Å². The summed E-state index contributed by atoms with van der Waals surface area (Å²) in [6.45, 7) is 0.754. The molecule has 150 valence electrons. The Morgan fingerprint density at radius 2 is 1.69 bits per heavy atom. The molecular weight excluding hydrogens is 364 g/mol. The number of imide groups is 1. The number of anilines is 1. The molecule has 2 aromatic rings. The summed E-state index contributed by atoms with van der Waals surface area (Å²) in [4.78, 5) is 40.6. The summed E-state index contributed by atoms with van der Waals surface area (Å²) in [7, 11) is 0. The number of benzene rings is 2. The van der Waals surface area contributed by atoms with Crippen molar-refractivity contribution < 1.29 is 14.4 Å². The van der Waals surface area contributed by atoms with Crippen LogP contribution in [0, 0.1) is 0 Å². The van der Waals surface area contributed by atoms with E-state index in [1.54, 1.807) is 24.3 Å². The van der Waals surface area contributed by atoms with Crippen LogP contribution in [0.25, 0.3) is 0 Å². The molecule has 2 fully saturated rings. The van der Waals surface area contributed by atoms with Gasteiger partial charge < -0.3 is 4.90 Å². The van der Waals surface area contributed by atoms with E-state index in [1.807, 2.05) is 23.1 Å². The van der Waals surface area contributed by atoms with Crippen LogP contribution in [0.5, 0.6) is 0 Å². The molecule has 2 aliphatic heterocycles. The van der Waals surface area contributed by atoms with Gasteiger partial charge in [0.25, 0.3) is 5.91 Å². The van der Waals surface area contributed by atoms with E-state index in [0.717, 1.165) is 38.6 Å². The van der Waals surface area contributed by atoms with E-state index in [-0.39, 0.29) is 36.6 Å². The van der Waals surface area contributed by atoms with Crippen molar-refractivity contribution in [2.45, 2.75) is 51.0 Å². The van der Waals surface area contributed by atoms with E-state index in [0.29, 0.717) is 11.3 Å². The van der Waals surface area contributed by atoms with Crippen LogP contribution in [0.15, 0.2) is 54.6 Å². The number of hydrogen-bond donors (Lipinski definition) is 0. The van der Waals surface area contributed by atoms with Crippen LogP contribution in [-0.4, -0.2) is 35.2 Å². The second-order valence-electron chi connectivity index (χ2n) is 7.85. The van der Waals surface area contributed by atoms with Crippen LogP contribution in [-0.2, 0) is 16.0 Å². The number of carbonyl (C=O) groups excluding carboxylic acids is 3. The van der Waals surface area contributed by atoms with Gasteiger partial charge in [-0.1, -0.05) is 36.4 Å². The minimum atomic E-state index is -0.196. The maximum atomic E-state index is 13.3. The predicted molar refractivity (Wildman–Crippen MR) is 112 cm³/mol. The fourth-order valence-electron chi connectivity index (χ4n) is 4.35. The predicted octanol–water partition coefficient (Wildman–Crippen LogP) is 3.97. The minimum Gasteiger partial charge on any atom is -0.336 e. The molecule has 0 unspecified atom stereocenters. The van der Waals surface area contributed by atoms with Crippen LogP contribution in [0.2, 0.25) is 0 Å². The van der Waals surface area contributed by atoms with Crippen molar-refractivity contribution in [3.8, 4) is 0 Å². The van der Waals surface area contributed by atoms with E-state index in [1.165, 1.54) is 10.5 Å². The van der Waals surface area contributed by atoms with Crippen molar-refractivity contribution in [2.75, 3.05) is 11.4 Å². The summed E-state index contributed by atoms with van der Waals surface area (Å²) in [6.07, 6.45) is 5.54. The largest absolute Gasteiger partial charge is 0.336 e. The zero-order chi connectivity index (χ0) is 20.2. The van der Waals surface area contributed by atoms with E-state index in [9.17, 15) is 14.4 Å². The van der Waals surface area contributed by atoms with Crippen molar-refractivity contribution in [3.63, 3.8) is 0 Å².